The van der Waals surface area contributed by atoms with E-state index in [1.807, 2.05) is 19.2 Å². The van der Waals surface area contributed by atoms with Gasteiger partial charge < -0.3 is 5.32 Å². The summed E-state index contributed by atoms with van der Waals surface area (Å²) in [4.78, 5) is 8.45. The first-order valence-electron chi connectivity index (χ1n) is 4.39. The van der Waals surface area contributed by atoms with E-state index < -0.39 is 0 Å². The highest BCUT2D eigenvalue weighted by Crippen LogP contribution is 2.20. The van der Waals surface area contributed by atoms with Crippen LogP contribution in [0.2, 0.25) is 0 Å². The normalized spacial score (nSPS) is 21.2. The minimum Gasteiger partial charge on any atom is -0.309 e. The Kier molecular flexibility index (Phi) is 3.63. The third-order valence-electron chi connectivity index (χ3n) is 2.21. The van der Waals surface area contributed by atoms with E-state index in [0.29, 0.717) is 6.04 Å². The number of hydrogen-bond acceptors (Lipinski definition) is 3. The molecule has 1 atom stereocenters. The molecular weight excluding hydrogens is 186 g/mol. The lowest BCUT2D eigenvalue weighted by atomic mass is 10.1. The molecule has 0 bridgehead atoms. The SMILES string of the molecule is Cc1nccc(C2CCCN2)n1.Cl. The number of hydrogen-bond donors (Lipinski definition) is 1. The molecule has 1 N–H and O–H groups in total. The van der Waals surface area contributed by atoms with Crippen molar-refractivity contribution in [3.05, 3.63) is 23.8 Å². The molecule has 0 aliphatic carbocycles. The van der Waals surface area contributed by atoms with Gasteiger partial charge in [0.15, 0.2) is 0 Å². The molecule has 1 aromatic rings. The molecule has 0 aromatic carbocycles. The lowest BCUT2D eigenvalue weighted by Crippen LogP contribution is -2.14. The van der Waals surface area contributed by atoms with Crippen LogP contribution in [-0.2, 0) is 0 Å². The first kappa shape index (κ1) is 10.4. The van der Waals surface area contributed by atoms with Gasteiger partial charge in [0, 0.05) is 12.2 Å². The van der Waals surface area contributed by atoms with Gasteiger partial charge in [-0.05, 0) is 32.4 Å². The summed E-state index contributed by atoms with van der Waals surface area (Å²) in [5.41, 5.74) is 1.14. The van der Waals surface area contributed by atoms with Gasteiger partial charge in [-0.25, -0.2) is 9.97 Å². The average Bonchev–Trinajstić information content (AvgIpc) is 2.56. The van der Waals surface area contributed by atoms with E-state index >= 15 is 0 Å². The fourth-order valence-corrected chi connectivity index (χ4v) is 1.61. The third-order valence-corrected chi connectivity index (χ3v) is 2.21. The number of rotatable bonds is 1. The maximum absolute atomic E-state index is 4.38. The van der Waals surface area contributed by atoms with Crippen LogP contribution in [0.15, 0.2) is 12.3 Å². The summed E-state index contributed by atoms with van der Waals surface area (Å²) in [5, 5.41) is 3.41. The number of halogens is 1. The van der Waals surface area contributed by atoms with Crippen LogP contribution in [0.5, 0.6) is 0 Å². The fraction of sp³-hybridized carbons (Fsp3) is 0.556. The third kappa shape index (κ3) is 2.39. The van der Waals surface area contributed by atoms with E-state index in [1.165, 1.54) is 12.8 Å². The minimum absolute atomic E-state index is 0. The lowest BCUT2D eigenvalue weighted by Gasteiger charge is -2.08. The van der Waals surface area contributed by atoms with E-state index in [9.17, 15) is 0 Å². The first-order valence-corrected chi connectivity index (χ1v) is 4.39. The Balaban J connectivity index is 0.000000845. The van der Waals surface area contributed by atoms with Gasteiger partial charge in [0.1, 0.15) is 5.82 Å². The van der Waals surface area contributed by atoms with Crippen molar-refractivity contribution in [3.8, 4) is 0 Å². The summed E-state index contributed by atoms with van der Waals surface area (Å²) in [5.74, 6) is 0.862. The van der Waals surface area contributed by atoms with Crippen LogP contribution >= 0.6 is 12.4 Å². The van der Waals surface area contributed by atoms with Crippen LogP contribution in [0.4, 0.5) is 0 Å². The van der Waals surface area contributed by atoms with Crippen LogP contribution in [0.1, 0.15) is 30.4 Å². The standard InChI is InChI=1S/C9H13N3.ClH/c1-7-10-6-4-9(12-7)8-3-2-5-11-8;/h4,6,8,11H,2-3,5H2,1H3;1H. The largest absolute Gasteiger partial charge is 0.309 e. The average molecular weight is 200 g/mol. The molecular formula is C9H14ClN3. The maximum atomic E-state index is 4.38. The molecule has 0 radical (unpaired) electrons. The van der Waals surface area contributed by atoms with Crippen LogP contribution in [-0.4, -0.2) is 16.5 Å². The molecule has 3 nitrogen and oxygen atoms in total. The molecule has 0 saturated carbocycles. The molecule has 2 rings (SSSR count). The van der Waals surface area contributed by atoms with Crippen molar-refractivity contribution in [1.82, 2.24) is 15.3 Å². The second-order valence-corrected chi connectivity index (χ2v) is 3.18. The van der Waals surface area contributed by atoms with E-state index in [4.69, 9.17) is 0 Å². The highest BCUT2D eigenvalue weighted by Gasteiger charge is 2.16. The summed E-state index contributed by atoms with van der Waals surface area (Å²) in [6.07, 6.45) is 4.29. The van der Waals surface area contributed by atoms with Crippen LogP contribution in [0.25, 0.3) is 0 Å². The van der Waals surface area contributed by atoms with Gasteiger partial charge in [-0.2, -0.15) is 0 Å². The Morgan fingerprint density at radius 3 is 3.00 bits per heavy atom. The predicted octanol–water partition coefficient (Wildman–Crippen LogP) is 1.63. The molecule has 1 aliphatic heterocycles. The second kappa shape index (κ2) is 4.53. The van der Waals surface area contributed by atoms with E-state index in [-0.39, 0.29) is 12.4 Å². The molecule has 1 saturated heterocycles. The van der Waals surface area contributed by atoms with Gasteiger partial charge in [-0.1, -0.05) is 0 Å². The molecule has 13 heavy (non-hydrogen) atoms. The fourth-order valence-electron chi connectivity index (χ4n) is 1.61. The maximum Gasteiger partial charge on any atom is 0.125 e. The van der Waals surface area contributed by atoms with Crippen molar-refractivity contribution >= 4 is 12.4 Å². The number of aromatic nitrogens is 2. The number of aryl methyl sites for hydroxylation is 1. The Morgan fingerprint density at radius 1 is 1.54 bits per heavy atom. The smallest absolute Gasteiger partial charge is 0.125 e. The minimum atomic E-state index is 0. The topological polar surface area (TPSA) is 37.8 Å². The molecule has 1 unspecified atom stereocenters. The Morgan fingerprint density at radius 2 is 2.38 bits per heavy atom. The zero-order valence-corrected chi connectivity index (χ0v) is 8.47. The van der Waals surface area contributed by atoms with Crippen molar-refractivity contribution in [2.45, 2.75) is 25.8 Å². The van der Waals surface area contributed by atoms with Gasteiger partial charge in [-0.15, -0.1) is 12.4 Å². The van der Waals surface area contributed by atoms with Crippen molar-refractivity contribution in [3.63, 3.8) is 0 Å². The molecule has 0 spiro atoms. The van der Waals surface area contributed by atoms with Crippen LogP contribution in [0, 0.1) is 6.92 Å². The zero-order valence-electron chi connectivity index (χ0n) is 7.66. The van der Waals surface area contributed by atoms with Crippen molar-refractivity contribution in [2.24, 2.45) is 0 Å². The molecule has 0 amide bonds. The Hall–Kier alpha value is -0.670. The molecule has 1 aliphatic rings. The van der Waals surface area contributed by atoms with Crippen molar-refractivity contribution in [1.29, 1.82) is 0 Å². The summed E-state index contributed by atoms with van der Waals surface area (Å²) in [6.45, 7) is 3.05. The summed E-state index contributed by atoms with van der Waals surface area (Å²) in [6, 6.07) is 2.46. The van der Waals surface area contributed by atoms with Gasteiger partial charge >= 0.3 is 0 Å². The van der Waals surface area contributed by atoms with Gasteiger partial charge in [0.25, 0.3) is 0 Å². The quantitative estimate of drug-likeness (QED) is 0.747. The Bertz CT molecular complexity index is 271. The number of nitrogens with one attached hydrogen (secondary N) is 1. The van der Waals surface area contributed by atoms with E-state index in [1.54, 1.807) is 0 Å². The van der Waals surface area contributed by atoms with Gasteiger partial charge in [0.2, 0.25) is 0 Å². The lowest BCUT2D eigenvalue weighted by molar-refractivity contribution is 0.622. The summed E-state index contributed by atoms with van der Waals surface area (Å²) in [7, 11) is 0. The van der Waals surface area contributed by atoms with Crippen molar-refractivity contribution < 1.29 is 0 Å². The molecule has 2 heterocycles. The summed E-state index contributed by atoms with van der Waals surface area (Å²) >= 11 is 0. The molecule has 1 aromatic heterocycles. The first-order chi connectivity index (χ1) is 5.86. The molecule has 72 valence electrons. The van der Waals surface area contributed by atoms with Crippen LogP contribution in [0.3, 0.4) is 0 Å². The Labute approximate surface area is 84.4 Å². The number of nitrogens with zero attached hydrogens (tertiary/aromatic N) is 2. The van der Waals surface area contributed by atoms with Gasteiger partial charge in [-0.3, -0.25) is 0 Å². The van der Waals surface area contributed by atoms with E-state index in [2.05, 4.69) is 15.3 Å². The van der Waals surface area contributed by atoms with E-state index in [0.717, 1.165) is 18.1 Å². The highest BCUT2D eigenvalue weighted by atomic mass is 35.5. The van der Waals surface area contributed by atoms with Crippen molar-refractivity contribution in [2.75, 3.05) is 6.54 Å². The summed E-state index contributed by atoms with van der Waals surface area (Å²) < 4.78 is 0. The molecule has 1 fully saturated rings. The monoisotopic (exact) mass is 199 g/mol. The second-order valence-electron chi connectivity index (χ2n) is 3.18. The molecule has 4 heteroatoms. The highest BCUT2D eigenvalue weighted by molar-refractivity contribution is 5.85. The predicted molar refractivity (Wildman–Crippen MR) is 54.0 cm³/mol. The van der Waals surface area contributed by atoms with Crippen LogP contribution < -0.4 is 5.32 Å². The van der Waals surface area contributed by atoms with Gasteiger partial charge in [0.05, 0.1) is 5.69 Å². The zero-order chi connectivity index (χ0) is 8.39.